The summed E-state index contributed by atoms with van der Waals surface area (Å²) in [5.41, 5.74) is 7.61. The van der Waals surface area contributed by atoms with E-state index in [0.29, 0.717) is 5.92 Å². The Morgan fingerprint density at radius 1 is 1.23 bits per heavy atom. The molecule has 13 heavy (non-hydrogen) atoms. The topological polar surface area (TPSA) is 26.0 Å². The van der Waals surface area contributed by atoms with Crippen molar-refractivity contribution in [3.8, 4) is 0 Å². The highest BCUT2D eigenvalue weighted by Gasteiger charge is 2.02. The fourth-order valence-corrected chi connectivity index (χ4v) is 1.53. The summed E-state index contributed by atoms with van der Waals surface area (Å²) in [5.74, 6) is 0.517. The molecule has 0 aliphatic heterocycles. The molecule has 0 saturated heterocycles. The van der Waals surface area contributed by atoms with Gasteiger partial charge in [0.05, 0.1) is 0 Å². The third-order valence-corrected chi connectivity index (χ3v) is 2.06. The van der Waals surface area contributed by atoms with Crippen LogP contribution in [0.15, 0.2) is 23.1 Å². The van der Waals surface area contributed by atoms with Crippen LogP contribution in [0, 0.1) is 0 Å². The van der Waals surface area contributed by atoms with Crippen molar-refractivity contribution in [3.05, 3.63) is 23.8 Å². The standard InChI is InChI=1S/C9H13NS.C2H6/c1-6(2)8-4-3-7(10)5-9(8)11;1-2/h3-6,11H,10H2,1-2H3;1-2H3. The summed E-state index contributed by atoms with van der Waals surface area (Å²) in [7, 11) is 0. The SMILES string of the molecule is CC.CC(C)c1ccc(N)cc1S. The van der Waals surface area contributed by atoms with Gasteiger partial charge in [-0.15, -0.1) is 12.6 Å². The Hall–Kier alpha value is -0.630. The normalized spacial score (nSPS) is 9.38. The molecule has 1 aromatic carbocycles. The minimum absolute atomic E-state index is 0.517. The van der Waals surface area contributed by atoms with Gasteiger partial charge in [-0.05, 0) is 23.6 Å². The average Bonchev–Trinajstić information content (AvgIpc) is 2.07. The van der Waals surface area contributed by atoms with Crippen molar-refractivity contribution in [1.29, 1.82) is 0 Å². The highest BCUT2D eigenvalue weighted by Crippen LogP contribution is 2.24. The minimum Gasteiger partial charge on any atom is -0.399 e. The van der Waals surface area contributed by atoms with Crippen molar-refractivity contribution in [2.24, 2.45) is 0 Å². The Kier molecular flexibility index (Phi) is 5.63. The molecule has 0 heterocycles. The van der Waals surface area contributed by atoms with Crippen molar-refractivity contribution in [1.82, 2.24) is 0 Å². The summed E-state index contributed by atoms with van der Waals surface area (Å²) in [5, 5.41) is 0. The number of rotatable bonds is 1. The molecule has 0 aliphatic rings. The maximum atomic E-state index is 5.58. The van der Waals surface area contributed by atoms with E-state index < -0.39 is 0 Å². The van der Waals surface area contributed by atoms with Gasteiger partial charge in [0.25, 0.3) is 0 Å². The zero-order valence-electron chi connectivity index (χ0n) is 8.83. The molecular formula is C11H19NS. The van der Waals surface area contributed by atoms with Crippen LogP contribution >= 0.6 is 12.6 Å². The molecule has 2 N–H and O–H groups in total. The Morgan fingerprint density at radius 2 is 1.77 bits per heavy atom. The third kappa shape index (κ3) is 3.73. The minimum atomic E-state index is 0.517. The van der Waals surface area contributed by atoms with Crippen LogP contribution in [0.2, 0.25) is 0 Å². The summed E-state index contributed by atoms with van der Waals surface area (Å²) in [4.78, 5) is 0.986. The summed E-state index contributed by atoms with van der Waals surface area (Å²) >= 11 is 4.33. The van der Waals surface area contributed by atoms with Gasteiger partial charge in [-0.25, -0.2) is 0 Å². The number of nitrogens with two attached hydrogens (primary N) is 1. The smallest absolute Gasteiger partial charge is 0.0325 e. The van der Waals surface area contributed by atoms with Crippen LogP contribution < -0.4 is 5.73 Å². The average molecular weight is 197 g/mol. The summed E-state index contributed by atoms with van der Waals surface area (Å²) in [6, 6.07) is 5.83. The summed E-state index contributed by atoms with van der Waals surface area (Å²) in [6.07, 6.45) is 0. The van der Waals surface area contributed by atoms with E-state index in [1.54, 1.807) is 0 Å². The quantitative estimate of drug-likeness (QED) is 0.521. The number of nitrogen functional groups attached to an aromatic ring is 1. The van der Waals surface area contributed by atoms with E-state index in [1.165, 1.54) is 5.56 Å². The van der Waals surface area contributed by atoms with E-state index >= 15 is 0 Å². The highest BCUT2D eigenvalue weighted by molar-refractivity contribution is 7.80. The van der Waals surface area contributed by atoms with Crippen LogP contribution in [0.3, 0.4) is 0 Å². The third-order valence-electron chi connectivity index (χ3n) is 1.68. The van der Waals surface area contributed by atoms with Gasteiger partial charge in [-0.2, -0.15) is 0 Å². The molecule has 1 rings (SSSR count). The molecule has 0 saturated carbocycles. The zero-order valence-corrected chi connectivity index (χ0v) is 9.73. The van der Waals surface area contributed by atoms with Gasteiger partial charge >= 0.3 is 0 Å². The molecule has 0 amide bonds. The van der Waals surface area contributed by atoms with Gasteiger partial charge < -0.3 is 5.73 Å². The molecule has 1 aromatic rings. The van der Waals surface area contributed by atoms with Crippen LogP contribution in [-0.4, -0.2) is 0 Å². The molecule has 0 radical (unpaired) electrons. The monoisotopic (exact) mass is 197 g/mol. The second-order valence-electron chi connectivity index (χ2n) is 2.97. The van der Waals surface area contributed by atoms with E-state index in [9.17, 15) is 0 Å². The van der Waals surface area contributed by atoms with Crippen molar-refractivity contribution in [3.63, 3.8) is 0 Å². The number of hydrogen-bond donors (Lipinski definition) is 2. The molecule has 0 fully saturated rings. The fourth-order valence-electron chi connectivity index (χ4n) is 1.05. The van der Waals surface area contributed by atoms with Crippen LogP contribution in [-0.2, 0) is 0 Å². The molecule has 74 valence electrons. The Balaban J connectivity index is 0.000000671. The maximum absolute atomic E-state index is 5.58. The lowest BCUT2D eigenvalue weighted by Crippen LogP contribution is -1.91. The lowest BCUT2D eigenvalue weighted by atomic mass is 10.0. The van der Waals surface area contributed by atoms with E-state index in [2.05, 4.69) is 26.5 Å². The van der Waals surface area contributed by atoms with Crippen molar-refractivity contribution in [2.75, 3.05) is 5.73 Å². The lowest BCUT2D eigenvalue weighted by Gasteiger charge is -2.08. The number of thiol groups is 1. The second-order valence-corrected chi connectivity index (χ2v) is 3.45. The molecule has 0 bridgehead atoms. The maximum Gasteiger partial charge on any atom is 0.0325 e. The first-order valence-corrected chi connectivity index (χ1v) is 5.14. The van der Waals surface area contributed by atoms with Gasteiger partial charge in [0.15, 0.2) is 0 Å². The van der Waals surface area contributed by atoms with E-state index in [1.807, 2.05) is 32.0 Å². The fraction of sp³-hybridized carbons (Fsp3) is 0.455. The Morgan fingerprint density at radius 3 is 2.15 bits per heavy atom. The highest BCUT2D eigenvalue weighted by atomic mass is 32.1. The van der Waals surface area contributed by atoms with Crippen molar-refractivity contribution in [2.45, 2.75) is 38.5 Å². The number of hydrogen-bond acceptors (Lipinski definition) is 2. The number of benzene rings is 1. The molecule has 0 aliphatic carbocycles. The van der Waals surface area contributed by atoms with Gasteiger partial charge in [0, 0.05) is 10.6 Å². The summed E-state index contributed by atoms with van der Waals surface area (Å²) < 4.78 is 0. The zero-order chi connectivity index (χ0) is 10.4. The largest absolute Gasteiger partial charge is 0.399 e. The van der Waals surface area contributed by atoms with E-state index in [4.69, 9.17) is 5.73 Å². The first-order valence-electron chi connectivity index (χ1n) is 4.69. The molecule has 0 spiro atoms. The van der Waals surface area contributed by atoms with E-state index in [-0.39, 0.29) is 0 Å². The van der Waals surface area contributed by atoms with Crippen LogP contribution in [0.25, 0.3) is 0 Å². The second kappa shape index (κ2) is 5.92. The lowest BCUT2D eigenvalue weighted by molar-refractivity contribution is 0.843. The molecule has 1 nitrogen and oxygen atoms in total. The van der Waals surface area contributed by atoms with Crippen molar-refractivity contribution >= 4 is 18.3 Å². The van der Waals surface area contributed by atoms with Crippen molar-refractivity contribution < 1.29 is 0 Å². The molecule has 0 aromatic heterocycles. The van der Waals surface area contributed by atoms with Crippen LogP contribution in [0.4, 0.5) is 5.69 Å². The molecule has 0 unspecified atom stereocenters. The first kappa shape index (κ1) is 12.4. The van der Waals surface area contributed by atoms with Gasteiger partial charge in [0.1, 0.15) is 0 Å². The Bertz CT molecular complexity index is 256. The van der Waals surface area contributed by atoms with E-state index in [0.717, 1.165) is 10.6 Å². The first-order chi connectivity index (χ1) is 6.11. The van der Waals surface area contributed by atoms with Gasteiger partial charge in [-0.1, -0.05) is 33.8 Å². The summed E-state index contributed by atoms with van der Waals surface area (Å²) in [6.45, 7) is 8.29. The predicted molar refractivity (Wildman–Crippen MR) is 63.5 cm³/mol. The van der Waals surface area contributed by atoms with Crippen LogP contribution in [0.5, 0.6) is 0 Å². The number of anilines is 1. The van der Waals surface area contributed by atoms with Gasteiger partial charge in [-0.3, -0.25) is 0 Å². The van der Waals surface area contributed by atoms with Crippen LogP contribution in [0.1, 0.15) is 39.2 Å². The Labute approximate surface area is 86.8 Å². The van der Waals surface area contributed by atoms with Gasteiger partial charge in [0.2, 0.25) is 0 Å². The molecule has 0 atom stereocenters. The molecular weight excluding hydrogens is 178 g/mol. The predicted octanol–water partition coefficient (Wildman–Crippen LogP) is 3.71. The molecule has 2 heteroatoms.